The fourth-order valence-electron chi connectivity index (χ4n) is 0.853. The molecule has 0 radical (unpaired) electrons. The lowest BCUT2D eigenvalue weighted by atomic mass is 10.2. The van der Waals surface area contributed by atoms with Gasteiger partial charge in [-0.3, -0.25) is 0 Å². The summed E-state index contributed by atoms with van der Waals surface area (Å²) in [5.41, 5.74) is 0. The van der Waals surface area contributed by atoms with Crippen molar-refractivity contribution >= 4 is 0 Å². The van der Waals surface area contributed by atoms with E-state index in [4.69, 9.17) is 9.84 Å². The van der Waals surface area contributed by atoms with Crippen LogP contribution in [0, 0.1) is 5.92 Å². The van der Waals surface area contributed by atoms with Crippen LogP contribution >= 0.6 is 0 Å². The quantitative estimate of drug-likeness (QED) is 0.596. The highest BCUT2D eigenvalue weighted by atomic mass is 16.5. The number of aliphatic hydroxyl groups is 1. The van der Waals surface area contributed by atoms with Crippen molar-refractivity contribution in [3.8, 4) is 0 Å². The van der Waals surface area contributed by atoms with Gasteiger partial charge in [-0.2, -0.15) is 0 Å². The minimum Gasteiger partial charge on any atom is -0.396 e. The molecule has 0 fully saturated rings. The average Bonchev–Trinajstić information content (AvgIpc) is 2.05. The van der Waals surface area contributed by atoms with E-state index in [9.17, 15) is 0 Å². The third kappa shape index (κ3) is 6.58. The molecule has 0 aliphatic heterocycles. The zero-order chi connectivity index (χ0) is 9.40. The number of hydrogen-bond acceptors (Lipinski definition) is 3. The van der Waals surface area contributed by atoms with Gasteiger partial charge in [0.25, 0.3) is 0 Å². The predicted molar refractivity (Wildman–Crippen MR) is 50.2 cm³/mol. The molecular formula is C9H21NO2. The van der Waals surface area contributed by atoms with E-state index >= 15 is 0 Å². The second kappa shape index (κ2) is 7.53. The van der Waals surface area contributed by atoms with Gasteiger partial charge in [0, 0.05) is 19.1 Å². The van der Waals surface area contributed by atoms with Gasteiger partial charge < -0.3 is 15.2 Å². The summed E-state index contributed by atoms with van der Waals surface area (Å²) in [5.74, 6) is 0.229. The third-order valence-electron chi connectivity index (χ3n) is 1.61. The molecule has 0 aliphatic carbocycles. The smallest absolute Gasteiger partial charge is 0.0531 e. The van der Waals surface area contributed by atoms with Gasteiger partial charge in [-0.1, -0.05) is 6.92 Å². The Hall–Kier alpha value is -0.120. The molecule has 1 unspecified atom stereocenters. The van der Waals surface area contributed by atoms with Crippen LogP contribution in [0.3, 0.4) is 0 Å². The number of rotatable bonds is 7. The molecule has 0 aliphatic rings. The van der Waals surface area contributed by atoms with Crippen molar-refractivity contribution in [1.29, 1.82) is 0 Å². The van der Waals surface area contributed by atoms with Crippen molar-refractivity contribution in [3.05, 3.63) is 0 Å². The lowest BCUT2D eigenvalue weighted by molar-refractivity contribution is 0.0343. The lowest BCUT2D eigenvalue weighted by Gasteiger charge is -2.16. The normalized spacial score (nSPS) is 13.8. The van der Waals surface area contributed by atoms with Crippen LogP contribution in [-0.4, -0.2) is 37.5 Å². The molecule has 0 saturated heterocycles. The van der Waals surface area contributed by atoms with Crippen LogP contribution in [-0.2, 0) is 4.74 Å². The SMILES string of the molecule is CCNCC(CO)COC(C)C. The highest BCUT2D eigenvalue weighted by Crippen LogP contribution is 1.97. The van der Waals surface area contributed by atoms with Crippen molar-refractivity contribution in [2.45, 2.75) is 26.9 Å². The molecule has 3 heteroatoms. The van der Waals surface area contributed by atoms with Crippen LogP contribution in [0.4, 0.5) is 0 Å². The Morgan fingerprint density at radius 3 is 2.50 bits per heavy atom. The van der Waals surface area contributed by atoms with Crippen molar-refractivity contribution in [2.75, 3.05) is 26.3 Å². The van der Waals surface area contributed by atoms with Gasteiger partial charge in [-0.25, -0.2) is 0 Å². The van der Waals surface area contributed by atoms with Gasteiger partial charge in [-0.05, 0) is 20.4 Å². The molecule has 12 heavy (non-hydrogen) atoms. The number of ether oxygens (including phenoxy) is 1. The highest BCUT2D eigenvalue weighted by Gasteiger charge is 2.07. The van der Waals surface area contributed by atoms with Gasteiger partial charge in [0.2, 0.25) is 0 Å². The van der Waals surface area contributed by atoms with Crippen molar-refractivity contribution in [3.63, 3.8) is 0 Å². The predicted octanol–water partition coefficient (Wildman–Crippen LogP) is 0.629. The molecule has 0 heterocycles. The largest absolute Gasteiger partial charge is 0.396 e. The summed E-state index contributed by atoms with van der Waals surface area (Å²) in [7, 11) is 0. The summed E-state index contributed by atoms with van der Waals surface area (Å²) in [4.78, 5) is 0. The molecule has 0 aromatic heterocycles. The zero-order valence-electron chi connectivity index (χ0n) is 8.34. The fraction of sp³-hybridized carbons (Fsp3) is 1.00. The molecule has 0 bridgehead atoms. The van der Waals surface area contributed by atoms with E-state index in [1.807, 2.05) is 13.8 Å². The summed E-state index contributed by atoms with van der Waals surface area (Å²) in [6.07, 6.45) is 0.251. The lowest BCUT2D eigenvalue weighted by Crippen LogP contribution is -2.29. The van der Waals surface area contributed by atoms with Crippen molar-refractivity contribution < 1.29 is 9.84 Å². The Bertz CT molecular complexity index is 96.5. The first-order valence-corrected chi connectivity index (χ1v) is 4.63. The van der Waals surface area contributed by atoms with E-state index in [1.54, 1.807) is 0 Å². The molecule has 1 atom stereocenters. The Labute approximate surface area is 75.1 Å². The summed E-state index contributed by atoms with van der Waals surface area (Å²) in [6.45, 7) is 8.67. The van der Waals surface area contributed by atoms with Crippen molar-refractivity contribution in [1.82, 2.24) is 5.32 Å². The Morgan fingerprint density at radius 1 is 1.42 bits per heavy atom. The Morgan fingerprint density at radius 2 is 2.08 bits per heavy atom. The van der Waals surface area contributed by atoms with Crippen LogP contribution in [0.1, 0.15) is 20.8 Å². The van der Waals surface area contributed by atoms with Crippen LogP contribution in [0.25, 0.3) is 0 Å². The molecule has 0 aromatic carbocycles. The van der Waals surface area contributed by atoms with Crippen LogP contribution < -0.4 is 5.32 Å². The first-order valence-electron chi connectivity index (χ1n) is 4.63. The summed E-state index contributed by atoms with van der Waals surface area (Å²) in [5, 5.41) is 12.1. The van der Waals surface area contributed by atoms with Gasteiger partial charge in [0.1, 0.15) is 0 Å². The first kappa shape index (κ1) is 11.9. The molecule has 2 N–H and O–H groups in total. The zero-order valence-corrected chi connectivity index (χ0v) is 8.34. The molecule has 0 aromatic rings. The van der Waals surface area contributed by atoms with Gasteiger partial charge >= 0.3 is 0 Å². The van der Waals surface area contributed by atoms with E-state index < -0.39 is 0 Å². The van der Waals surface area contributed by atoms with Crippen LogP contribution in [0.15, 0.2) is 0 Å². The maximum absolute atomic E-state index is 8.95. The minimum atomic E-state index is 0.194. The molecule has 0 amide bonds. The van der Waals surface area contributed by atoms with Gasteiger partial charge in [0.15, 0.2) is 0 Å². The topological polar surface area (TPSA) is 41.5 Å². The van der Waals surface area contributed by atoms with E-state index in [0.717, 1.165) is 13.1 Å². The van der Waals surface area contributed by atoms with Crippen LogP contribution in [0.5, 0.6) is 0 Å². The van der Waals surface area contributed by atoms with Gasteiger partial charge in [0.05, 0.1) is 12.7 Å². The Kier molecular flexibility index (Phi) is 7.45. The second-order valence-corrected chi connectivity index (χ2v) is 3.24. The molecule has 0 saturated carbocycles. The molecule has 0 spiro atoms. The Balaban J connectivity index is 3.39. The van der Waals surface area contributed by atoms with Crippen LogP contribution in [0.2, 0.25) is 0 Å². The number of aliphatic hydroxyl groups excluding tert-OH is 1. The molecule has 74 valence electrons. The highest BCUT2D eigenvalue weighted by molar-refractivity contribution is 4.59. The first-order chi connectivity index (χ1) is 5.70. The molecule has 3 nitrogen and oxygen atoms in total. The molecular weight excluding hydrogens is 154 g/mol. The summed E-state index contributed by atoms with van der Waals surface area (Å²) >= 11 is 0. The minimum absolute atomic E-state index is 0.194. The summed E-state index contributed by atoms with van der Waals surface area (Å²) < 4.78 is 5.39. The summed E-state index contributed by atoms with van der Waals surface area (Å²) in [6, 6.07) is 0. The van der Waals surface area contributed by atoms with Gasteiger partial charge in [-0.15, -0.1) is 0 Å². The van der Waals surface area contributed by atoms with E-state index in [0.29, 0.717) is 6.61 Å². The standard InChI is InChI=1S/C9H21NO2/c1-4-10-5-9(6-11)7-12-8(2)3/h8-11H,4-7H2,1-3H3. The van der Waals surface area contributed by atoms with E-state index in [1.165, 1.54) is 0 Å². The maximum atomic E-state index is 8.95. The van der Waals surface area contributed by atoms with Crippen molar-refractivity contribution in [2.24, 2.45) is 5.92 Å². The molecule has 0 rings (SSSR count). The number of hydrogen-bond donors (Lipinski definition) is 2. The second-order valence-electron chi connectivity index (χ2n) is 3.24. The fourth-order valence-corrected chi connectivity index (χ4v) is 0.853. The monoisotopic (exact) mass is 175 g/mol. The maximum Gasteiger partial charge on any atom is 0.0531 e. The van der Waals surface area contributed by atoms with E-state index in [2.05, 4.69) is 12.2 Å². The number of nitrogens with one attached hydrogen (secondary N) is 1. The van der Waals surface area contributed by atoms with E-state index in [-0.39, 0.29) is 18.6 Å². The average molecular weight is 175 g/mol. The third-order valence-corrected chi connectivity index (χ3v) is 1.61.